The van der Waals surface area contributed by atoms with Gasteiger partial charge in [-0.1, -0.05) is 34.1 Å². The average Bonchev–Trinajstić information content (AvgIpc) is 2.92. The van der Waals surface area contributed by atoms with E-state index in [1.165, 1.54) is 5.39 Å². The quantitative estimate of drug-likeness (QED) is 0.525. The molecule has 0 aliphatic carbocycles. The van der Waals surface area contributed by atoms with Gasteiger partial charge in [0.15, 0.2) is 0 Å². The van der Waals surface area contributed by atoms with E-state index in [0.29, 0.717) is 5.56 Å². The van der Waals surface area contributed by atoms with Gasteiger partial charge in [-0.05, 0) is 30.3 Å². The molecule has 0 bridgehead atoms. The van der Waals surface area contributed by atoms with E-state index >= 15 is 0 Å². The first-order valence-electron chi connectivity index (χ1n) is 6.83. The minimum absolute atomic E-state index is 0.610. The topological polar surface area (TPSA) is 52.5 Å². The number of nitrogens with zero attached hydrogens (tertiary/aromatic N) is 2. The Kier molecular flexibility index (Phi) is 2.95. The number of nitriles is 1. The predicted molar refractivity (Wildman–Crippen MR) is 91.5 cm³/mol. The number of aromatic nitrogens is 2. The minimum atomic E-state index is 0.610. The molecule has 0 saturated heterocycles. The van der Waals surface area contributed by atoms with Gasteiger partial charge in [0.1, 0.15) is 0 Å². The number of H-pyrrole nitrogens is 1. The Bertz CT molecular complexity index is 1060. The Morgan fingerprint density at radius 3 is 2.77 bits per heavy atom. The highest BCUT2D eigenvalue weighted by Gasteiger charge is 2.11. The first-order chi connectivity index (χ1) is 10.8. The van der Waals surface area contributed by atoms with Crippen molar-refractivity contribution in [1.82, 2.24) is 9.97 Å². The lowest BCUT2D eigenvalue weighted by Gasteiger charge is -2.04. The maximum atomic E-state index is 9.16. The van der Waals surface area contributed by atoms with Crippen LogP contribution in [0, 0.1) is 11.3 Å². The van der Waals surface area contributed by atoms with Gasteiger partial charge in [-0.15, -0.1) is 0 Å². The Balaban J connectivity index is 2.07. The summed E-state index contributed by atoms with van der Waals surface area (Å²) in [5.41, 5.74) is 4.46. The molecule has 0 radical (unpaired) electrons. The van der Waals surface area contributed by atoms with Crippen LogP contribution >= 0.6 is 15.9 Å². The van der Waals surface area contributed by atoms with Gasteiger partial charge in [-0.3, -0.25) is 4.98 Å². The Morgan fingerprint density at radius 1 is 1.05 bits per heavy atom. The summed E-state index contributed by atoms with van der Waals surface area (Å²) in [6.07, 6.45) is 1.81. The van der Waals surface area contributed by atoms with Crippen molar-refractivity contribution in [3.8, 4) is 17.3 Å². The van der Waals surface area contributed by atoms with Gasteiger partial charge in [0.25, 0.3) is 0 Å². The molecule has 4 aromatic rings. The number of benzene rings is 2. The lowest BCUT2D eigenvalue weighted by Crippen LogP contribution is -1.87. The van der Waals surface area contributed by atoms with Crippen LogP contribution < -0.4 is 0 Å². The molecule has 2 heterocycles. The predicted octanol–water partition coefficient (Wildman–Crippen LogP) is 5.02. The van der Waals surface area contributed by atoms with Crippen LogP contribution in [0.5, 0.6) is 0 Å². The Labute approximate surface area is 135 Å². The summed E-state index contributed by atoms with van der Waals surface area (Å²) in [5, 5.41) is 11.5. The molecule has 0 saturated carbocycles. The standard InChI is InChI=1S/C18H10BrN3/c19-13-8-11(10-20)7-12(9-13)17-18-15(5-6-21-17)14-3-1-2-4-16(14)22-18/h1-9,22H. The SMILES string of the molecule is N#Cc1cc(Br)cc(-c2nccc3c2[nH]c2ccccc23)c1. The number of hydrogen-bond donors (Lipinski definition) is 1. The molecule has 3 nitrogen and oxygen atoms in total. The van der Waals surface area contributed by atoms with Gasteiger partial charge in [0, 0.05) is 32.5 Å². The molecule has 0 aliphatic rings. The molecule has 4 rings (SSSR count). The highest BCUT2D eigenvalue weighted by atomic mass is 79.9. The number of pyridine rings is 1. The molecular weight excluding hydrogens is 338 g/mol. The van der Waals surface area contributed by atoms with Crippen molar-refractivity contribution in [3.05, 3.63) is 64.8 Å². The molecule has 0 amide bonds. The number of para-hydroxylation sites is 1. The smallest absolute Gasteiger partial charge is 0.0992 e. The maximum Gasteiger partial charge on any atom is 0.0992 e. The fourth-order valence-electron chi connectivity index (χ4n) is 2.78. The van der Waals surface area contributed by atoms with Crippen LogP contribution in [0.1, 0.15) is 5.56 Å². The average molecular weight is 348 g/mol. The van der Waals surface area contributed by atoms with E-state index in [9.17, 15) is 0 Å². The number of nitrogens with one attached hydrogen (secondary N) is 1. The monoisotopic (exact) mass is 347 g/mol. The van der Waals surface area contributed by atoms with Crippen LogP contribution in [0.15, 0.2) is 59.2 Å². The van der Waals surface area contributed by atoms with Gasteiger partial charge in [0.2, 0.25) is 0 Å². The van der Waals surface area contributed by atoms with Crippen LogP contribution in [0.2, 0.25) is 0 Å². The normalized spacial score (nSPS) is 10.9. The molecule has 0 spiro atoms. The van der Waals surface area contributed by atoms with E-state index in [4.69, 9.17) is 5.26 Å². The van der Waals surface area contributed by atoms with E-state index < -0.39 is 0 Å². The molecule has 0 unspecified atom stereocenters. The van der Waals surface area contributed by atoms with Gasteiger partial charge in [-0.2, -0.15) is 5.26 Å². The first-order valence-corrected chi connectivity index (χ1v) is 7.62. The Morgan fingerprint density at radius 2 is 1.91 bits per heavy atom. The van der Waals surface area contributed by atoms with Crippen LogP contribution in [-0.2, 0) is 0 Å². The third-order valence-electron chi connectivity index (χ3n) is 3.73. The van der Waals surface area contributed by atoms with Gasteiger partial charge < -0.3 is 4.98 Å². The van der Waals surface area contributed by atoms with Crippen molar-refractivity contribution in [3.63, 3.8) is 0 Å². The van der Waals surface area contributed by atoms with E-state index in [0.717, 1.165) is 32.1 Å². The molecule has 2 aromatic heterocycles. The minimum Gasteiger partial charge on any atom is -0.353 e. The fraction of sp³-hybridized carbons (Fsp3) is 0. The summed E-state index contributed by atoms with van der Waals surface area (Å²) in [4.78, 5) is 7.97. The third-order valence-corrected chi connectivity index (χ3v) is 4.19. The lowest BCUT2D eigenvalue weighted by molar-refractivity contribution is 1.33. The first kappa shape index (κ1) is 13.1. The summed E-state index contributed by atoms with van der Waals surface area (Å²) in [6.45, 7) is 0. The van der Waals surface area contributed by atoms with Crippen LogP contribution in [0.25, 0.3) is 33.1 Å². The van der Waals surface area contributed by atoms with Crippen molar-refractivity contribution in [2.45, 2.75) is 0 Å². The van der Waals surface area contributed by atoms with Crippen molar-refractivity contribution in [2.75, 3.05) is 0 Å². The fourth-order valence-corrected chi connectivity index (χ4v) is 3.28. The zero-order valence-corrected chi connectivity index (χ0v) is 13.1. The number of hydrogen-bond acceptors (Lipinski definition) is 2. The van der Waals surface area contributed by atoms with Crippen molar-refractivity contribution < 1.29 is 0 Å². The molecule has 2 aromatic carbocycles. The highest BCUT2D eigenvalue weighted by molar-refractivity contribution is 9.10. The van der Waals surface area contributed by atoms with E-state index in [1.807, 2.05) is 36.5 Å². The van der Waals surface area contributed by atoms with Gasteiger partial charge in [0.05, 0.1) is 22.8 Å². The molecule has 4 heteroatoms. The van der Waals surface area contributed by atoms with E-state index in [2.05, 4.69) is 44.1 Å². The summed E-state index contributed by atoms with van der Waals surface area (Å²) in [6, 6.07) is 18.0. The second-order valence-corrected chi connectivity index (χ2v) is 6.01. The molecule has 1 N–H and O–H groups in total. The largest absolute Gasteiger partial charge is 0.353 e. The zero-order valence-electron chi connectivity index (χ0n) is 11.5. The molecule has 22 heavy (non-hydrogen) atoms. The van der Waals surface area contributed by atoms with Gasteiger partial charge >= 0.3 is 0 Å². The van der Waals surface area contributed by atoms with Crippen molar-refractivity contribution in [1.29, 1.82) is 5.26 Å². The molecule has 0 atom stereocenters. The number of fused-ring (bicyclic) bond motifs is 3. The van der Waals surface area contributed by atoms with Crippen LogP contribution in [0.3, 0.4) is 0 Å². The molecule has 104 valence electrons. The van der Waals surface area contributed by atoms with Crippen LogP contribution in [-0.4, -0.2) is 9.97 Å². The second-order valence-electron chi connectivity index (χ2n) is 5.09. The summed E-state index contributed by atoms with van der Waals surface area (Å²) in [7, 11) is 0. The molecule has 0 fully saturated rings. The highest BCUT2D eigenvalue weighted by Crippen LogP contribution is 2.32. The summed E-state index contributed by atoms with van der Waals surface area (Å²) in [5.74, 6) is 0. The number of aromatic amines is 1. The van der Waals surface area contributed by atoms with Gasteiger partial charge in [-0.25, -0.2) is 0 Å². The van der Waals surface area contributed by atoms with E-state index in [1.54, 1.807) is 6.07 Å². The molecule has 0 aliphatic heterocycles. The maximum absolute atomic E-state index is 9.16. The van der Waals surface area contributed by atoms with Crippen molar-refractivity contribution >= 4 is 37.7 Å². The zero-order chi connectivity index (χ0) is 15.1. The van der Waals surface area contributed by atoms with Crippen LogP contribution in [0.4, 0.5) is 0 Å². The summed E-state index contributed by atoms with van der Waals surface area (Å²) < 4.78 is 0.872. The third kappa shape index (κ3) is 1.99. The lowest BCUT2D eigenvalue weighted by atomic mass is 10.1. The molecular formula is C18H10BrN3. The number of halogens is 1. The van der Waals surface area contributed by atoms with Crippen molar-refractivity contribution in [2.24, 2.45) is 0 Å². The summed E-state index contributed by atoms with van der Waals surface area (Å²) >= 11 is 3.46. The van der Waals surface area contributed by atoms with E-state index in [-0.39, 0.29) is 0 Å². The Hall–Kier alpha value is -2.64. The second kappa shape index (κ2) is 4.97. The number of rotatable bonds is 1.